The zero-order chi connectivity index (χ0) is 12.3. The van der Waals surface area contributed by atoms with Gasteiger partial charge in [-0.05, 0) is 0 Å². The van der Waals surface area contributed by atoms with Crippen molar-refractivity contribution in [3.8, 4) is 17.7 Å². The van der Waals surface area contributed by atoms with Crippen molar-refractivity contribution in [2.45, 2.75) is 6.36 Å². The van der Waals surface area contributed by atoms with Crippen LogP contribution in [0.1, 0.15) is 5.56 Å². The Morgan fingerprint density at radius 2 is 2.12 bits per heavy atom. The number of hydrogen-bond acceptors (Lipinski definition) is 5. The van der Waals surface area contributed by atoms with Gasteiger partial charge in [0.2, 0.25) is 5.88 Å². The summed E-state index contributed by atoms with van der Waals surface area (Å²) in [7, 11) is 1.22. The van der Waals surface area contributed by atoms with Gasteiger partial charge in [-0.3, -0.25) is 0 Å². The topological polar surface area (TPSA) is 81.2 Å². The molecular formula is C8H6F3N3O2. The van der Waals surface area contributed by atoms with Crippen LogP contribution in [0, 0.1) is 11.3 Å². The molecule has 0 saturated carbocycles. The minimum absolute atomic E-state index is 0.0861. The highest BCUT2D eigenvalue weighted by atomic mass is 19.4. The SMILES string of the molecule is COc1c(C#N)cc(OC(F)(F)F)nc1N. The van der Waals surface area contributed by atoms with Crippen molar-refractivity contribution < 1.29 is 22.6 Å². The largest absolute Gasteiger partial charge is 0.574 e. The van der Waals surface area contributed by atoms with Crippen LogP contribution < -0.4 is 15.2 Å². The summed E-state index contributed by atoms with van der Waals surface area (Å²) in [5.41, 5.74) is 5.11. The summed E-state index contributed by atoms with van der Waals surface area (Å²) in [6.07, 6.45) is -4.89. The first-order valence-electron chi connectivity index (χ1n) is 3.87. The van der Waals surface area contributed by atoms with Crippen LogP contribution in [-0.2, 0) is 0 Å². The summed E-state index contributed by atoms with van der Waals surface area (Å²) in [4.78, 5) is 3.30. The lowest BCUT2D eigenvalue weighted by molar-refractivity contribution is -0.276. The number of pyridine rings is 1. The van der Waals surface area contributed by atoms with Crippen LogP contribution in [0.5, 0.6) is 11.6 Å². The summed E-state index contributed by atoms with van der Waals surface area (Å²) in [6.45, 7) is 0. The van der Waals surface area contributed by atoms with Crippen LogP contribution in [0.2, 0.25) is 0 Å². The molecule has 2 N–H and O–H groups in total. The Labute approximate surface area is 88.2 Å². The minimum Gasteiger partial charge on any atom is -0.492 e. The van der Waals surface area contributed by atoms with Crippen molar-refractivity contribution in [2.24, 2.45) is 0 Å². The summed E-state index contributed by atoms with van der Waals surface area (Å²) >= 11 is 0. The van der Waals surface area contributed by atoms with E-state index in [2.05, 4.69) is 9.72 Å². The van der Waals surface area contributed by atoms with Crippen molar-refractivity contribution in [3.63, 3.8) is 0 Å². The van der Waals surface area contributed by atoms with E-state index in [1.807, 2.05) is 0 Å². The van der Waals surface area contributed by atoms with E-state index in [1.165, 1.54) is 7.11 Å². The van der Waals surface area contributed by atoms with Gasteiger partial charge >= 0.3 is 6.36 Å². The van der Waals surface area contributed by atoms with Crippen LogP contribution in [-0.4, -0.2) is 18.5 Å². The van der Waals surface area contributed by atoms with Crippen molar-refractivity contribution in [1.29, 1.82) is 5.26 Å². The normalized spacial score (nSPS) is 10.7. The molecule has 8 heteroatoms. The van der Waals surface area contributed by atoms with Crippen LogP contribution in [0.15, 0.2) is 6.07 Å². The predicted octanol–water partition coefficient (Wildman–Crippen LogP) is 1.44. The number of nitrogens with zero attached hydrogens (tertiary/aromatic N) is 2. The summed E-state index contributed by atoms with van der Waals surface area (Å²) < 4.78 is 43.9. The number of methoxy groups -OCH3 is 1. The van der Waals surface area contributed by atoms with Crippen LogP contribution in [0.4, 0.5) is 19.0 Å². The number of nitrogen functional groups attached to an aromatic ring is 1. The third-order valence-corrected chi connectivity index (χ3v) is 1.52. The standard InChI is InChI=1S/C8H6F3N3O2/c1-15-6-4(3-12)2-5(14-7(6)13)16-8(9,10)11/h2H,1H3,(H2,13,14). The lowest BCUT2D eigenvalue weighted by atomic mass is 10.2. The Balaban J connectivity index is 3.17. The highest BCUT2D eigenvalue weighted by molar-refractivity contribution is 5.58. The number of rotatable bonds is 2. The lowest BCUT2D eigenvalue weighted by Gasteiger charge is -2.10. The van der Waals surface area contributed by atoms with Gasteiger partial charge in [0, 0.05) is 6.07 Å². The maximum absolute atomic E-state index is 11.9. The molecule has 1 rings (SSSR count). The summed E-state index contributed by atoms with van der Waals surface area (Å²) in [6, 6.07) is 2.42. The van der Waals surface area contributed by atoms with Gasteiger partial charge in [0.1, 0.15) is 11.6 Å². The van der Waals surface area contributed by atoms with Crippen LogP contribution >= 0.6 is 0 Å². The van der Waals surface area contributed by atoms with Gasteiger partial charge in [0.25, 0.3) is 0 Å². The second-order valence-electron chi connectivity index (χ2n) is 2.59. The Morgan fingerprint density at radius 3 is 2.56 bits per heavy atom. The third kappa shape index (κ3) is 2.66. The number of aromatic nitrogens is 1. The van der Waals surface area contributed by atoms with E-state index < -0.39 is 12.2 Å². The zero-order valence-corrected chi connectivity index (χ0v) is 8.00. The molecule has 0 saturated heterocycles. The molecule has 1 aromatic heterocycles. The van der Waals surface area contributed by atoms with Crippen molar-refractivity contribution in [3.05, 3.63) is 11.6 Å². The Bertz CT molecular complexity index is 439. The number of alkyl halides is 3. The average molecular weight is 233 g/mol. The molecule has 0 radical (unpaired) electrons. The molecule has 16 heavy (non-hydrogen) atoms. The molecule has 1 aromatic rings. The quantitative estimate of drug-likeness (QED) is 0.835. The average Bonchev–Trinajstić information content (AvgIpc) is 2.14. The molecule has 0 spiro atoms. The lowest BCUT2D eigenvalue weighted by Crippen LogP contribution is -2.18. The molecule has 0 unspecified atom stereocenters. The molecule has 0 aliphatic heterocycles. The second-order valence-corrected chi connectivity index (χ2v) is 2.59. The van der Waals surface area contributed by atoms with Crippen LogP contribution in [0.25, 0.3) is 0 Å². The van der Waals surface area contributed by atoms with E-state index in [-0.39, 0.29) is 17.1 Å². The van der Waals surface area contributed by atoms with E-state index in [9.17, 15) is 13.2 Å². The molecule has 0 amide bonds. The highest BCUT2D eigenvalue weighted by Crippen LogP contribution is 2.30. The molecule has 86 valence electrons. The third-order valence-electron chi connectivity index (χ3n) is 1.52. The van der Waals surface area contributed by atoms with Crippen molar-refractivity contribution in [1.82, 2.24) is 4.98 Å². The van der Waals surface area contributed by atoms with Crippen molar-refractivity contribution in [2.75, 3.05) is 12.8 Å². The fourth-order valence-electron chi connectivity index (χ4n) is 0.997. The second kappa shape index (κ2) is 4.14. The van der Waals surface area contributed by atoms with Gasteiger partial charge in [0.15, 0.2) is 11.6 Å². The number of nitrogens with two attached hydrogens (primary N) is 1. The van der Waals surface area contributed by atoms with Crippen LogP contribution in [0.3, 0.4) is 0 Å². The number of ether oxygens (including phenoxy) is 2. The Morgan fingerprint density at radius 1 is 1.50 bits per heavy atom. The molecule has 0 aliphatic rings. The molecule has 0 fully saturated rings. The Hall–Kier alpha value is -2.17. The van der Waals surface area contributed by atoms with Gasteiger partial charge in [-0.15, -0.1) is 13.2 Å². The highest BCUT2D eigenvalue weighted by Gasteiger charge is 2.32. The summed E-state index contributed by atoms with van der Waals surface area (Å²) in [5.74, 6) is -1.24. The minimum atomic E-state index is -4.89. The van der Waals surface area contributed by atoms with E-state index in [0.29, 0.717) is 0 Å². The molecule has 0 aromatic carbocycles. The van der Waals surface area contributed by atoms with Gasteiger partial charge in [-0.1, -0.05) is 0 Å². The first-order valence-corrected chi connectivity index (χ1v) is 3.87. The Kier molecular flexibility index (Phi) is 3.08. The maximum Gasteiger partial charge on any atom is 0.574 e. The maximum atomic E-state index is 11.9. The number of hydrogen-bond donors (Lipinski definition) is 1. The van der Waals surface area contributed by atoms with E-state index in [1.54, 1.807) is 6.07 Å². The number of anilines is 1. The fraction of sp³-hybridized carbons (Fsp3) is 0.250. The van der Waals surface area contributed by atoms with E-state index in [0.717, 1.165) is 6.07 Å². The molecule has 0 bridgehead atoms. The number of nitriles is 1. The van der Waals surface area contributed by atoms with Crippen molar-refractivity contribution >= 4 is 5.82 Å². The summed E-state index contributed by atoms with van der Waals surface area (Å²) in [5, 5.41) is 8.65. The van der Waals surface area contributed by atoms with Gasteiger partial charge < -0.3 is 15.2 Å². The van der Waals surface area contributed by atoms with E-state index >= 15 is 0 Å². The molecular weight excluding hydrogens is 227 g/mol. The van der Waals surface area contributed by atoms with Gasteiger partial charge in [-0.25, -0.2) is 0 Å². The smallest absolute Gasteiger partial charge is 0.492 e. The number of halogens is 3. The van der Waals surface area contributed by atoms with E-state index in [4.69, 9.17) is 15.7 Å². The monoisotopic (exact) mass is 233 g/mol. The molecule has 0 aliphatic carbocycles. The zero-order valence-electron chi connectivity index (χ0n) is 8.00. The first-order chi connectivity index (χ1) is 7.37. The predicted molar refractivity (Wildman–Crippen MR) is 46.6 cm³/mol. The van der Waals surface area contributed by atoms with Gasteiger partial charge in [0.05, 0.1) is 7.11 Å². The van der Waals surface area contributed by atoms with Gasteiger partial charge in [-0.2, -0.15) is 10.2 Å². The first kappa shape index (κ1) is 11.9. The molecule has 0 atom stereocenters. The fourth-order valence-corrected chi connectivity index (χ4v) is 0.997. The molecule has 5 nitrogen and oxygen atoms in total. The molecule has 1 heterocycles.